The molecule has 0 unspecified atom stereocenters. The predicted molar refractivity (Wildman–Crippen MR) is 50.9 cm³/mol. The zero-order chi connectivity index (χ0) is 11.8. The smallest absolute Gasteiger partial charge is 0.261 e. The minimum Gasteiger partial charge on any atom is -0.261 e. The quantitative estimate of drug-likeness (QED) is 0.748. The molecule has 2 rings (SSSR count). The number of rotatable bonds is 2. The SMILES string of the molecule is NS(=O)(=O)c1nc(-c2cncc(F)c2)n[nH]1. The van der Waals surface area contributed by atoms with E-state index in [4.69, 9.17) is 5.14 Å². The Hall–Kier alpha value is -1.87. The Morgan fingerprint density at radius 2 is 2.12 bits per heavy atom. The molecule has 84 valence electrons. The fourth-order valence-corrected chi connectivity index (χ4v) is 1.42. The van der Waals surface area contributed by atoms with Crippen LogP contribution in [0.4, 0.5) is 4.39 Å². The number of hydrogen-bond donors (Lipinski definition) is 2. The Morgan fingerprint density at radius 1 is 1.38 bits per heavy atom. The van der Waals surface area contributed by atoms with E-state index < -0.39 is 21.0 Å². The van der Waals surface area contributed by atoms with E-state index in [2.05, 4.69) is 20.2 Å². The molecule has 0 aromatic carbocycles. The molecule has 0 bridgehead atoms. The van der Waals surface area contributed by atoms with Gasteiger partial charge in [-0.2, -0.15) is 10.1 Å². The molecule has 16 heavy (non-hydrogen) atoms. The molecule has 0 aliphatic heterocycles. The van der Waals surface area contributed by atoms with Crippen molar-refractivity contribution in [1.29, 1.82) is 0 Å². The summed E-state index contributed by atoms with van der Waals surface area (Å²) in [5.74, 6) is -0.560. The lowest BCUT2D eigenvalue weighted by atomic mass is 10.3. The van der Waals surface area contributed by atoms with Crippen molar-refractivity contribution in [3.8, 4) is 11.4 Å². The van der Waals surface area contributed by atoms with Gasteiger partial charge in [0, 0.05) is 11.8 Å². The lowest BCUT2D eigenvalue weighted by Crippen LogP contribution is -2.13. The Kier molecular flexibility index (Phi) is 2.40. The maximum atomic E-state index is 12.8. The van der Waals surface area contributed by atoms with E-state index in [-0.39, 0.29) is 11.4 Å². The third-order valence-corrected chi connectivity index (χ3v) is 2.42. The van der Waals surface area contributed by atoms with E-state index in [0.29, 0.717) is 0 Å². The summed E-state index contributed by atoms with van der Waals surface area (Å²) < 4.78 is 34.6. The van der Waals surface area contributed by atoms with Gasteiger partial charge in [0.05, 0.1) is 6.20 Å². The van der Waals surface area contributed by atoms with Gasteiger partial charge < -0.3 is 0 Å². The summed E-state index contributed by atoms with van der Waals surface area (Å²) in [4.78, 5) is 7.19. The maximum Gasteiger partial charge on any atom is 0.273 e. The van der Waals surface area contributed by atoms with Crippen molar-refractivity contribution < 1.29 is 12.8 Å². The highest BCUT2D eigenvalue weighted by Crippen LogP contribution is 2.14. The summed E-state index contributed by atoms with van der Waals surface area (Å²) in [6, 6.07) is 1.13. The van der Waals surface area contributed by atoms with E-state index in [1.165, 1.54) is 6.20 Å². The third-order valence-electron chi connectivity index (χ3n) is 1.70. The largest absolute Gasteiger partial charge is 0.273 e. The average molecular weight is 243 g/mol. The molecule has 2 aromatic heterocycles. The Balaban J connectivity index is 2.47. The Labute approximate surface area is 89.6 Å². The first kappa shape index (κ1) is 10.6. The van der Waals surface area contributed by atoms with E-state index in [1.54, 1.807) is 0 Å². The Bertz CT molecular complexity index is 623. The van der Waals surface area contributed by atoms with Crippen LogP contribution in [0.5, 0.6) is 0 Å². The number of H-pyrrole nitrogens is 1. The zero-order valence-corrected chi connectivity index (χ0v) is 8.57. The molecule has 3 N–H and O–H groups in total. The van der Waals surface area contributed by atoms with Crippen LogP contribution in [-0.2, 0) is 10.0 Å². The lowest BCUT2D eigenvalue weighted by Gasteiger charge is -1.93. The van der Waals surface area contributed by atoms with Crippen LogP contribution >= 0.6 is 0 Å². The molecule has 0 radical (unpaired) electrons. The topological polar surface area (TPSA) is 115 Å². The first-order valence-electron chi connectivity index (χ1n) is 4.03. The number of pyridine rings is 1. The van der Waals surface area contributed by atoms with Crippen molar-refractivity contribution in [2.75, 3.05) is 0 Å². The van der Waals surface area contributed by atoms with E-state index in [0.717, 1.165) is 12.3 Å². The summed E-state index contributed by atoms with van der Waals surface area (Å²) in [5, 5.41) is 10.1. The van der Waals surface area contributed by atoms with Crippen molar-refractivity contribution in [1.82, 2.24) is 20.2 Å². The third kappa shape index (κ3) is 2.04. The second-order valence-electron chi connectivity index (χ2n) is 2.90. The van der Waals surface area contributed by atoms with Crippen LogP contribution in [-0.4, -0.2) is 28.6 Å². The van der Waals surface area contributed by atoms with Crippen LogP contribution in [0.15, 0.2) is 23.6 Å². The monoisotopic (exact) mass is 243 g/mol. The molecule has 2 heterocycles. The first-order chi connectivity index (χ1) is 7.47. The van der Waals surface area contributed by atoms with Crippen molar-refractivity contribution in [3.05, 3.63) is 24.3 Å². The lowest BCUT2D eigenvalue weighted by molar-refractivity contribution is 0.589. The molecule has 9 heteroatoms. The molecular formula is C7H6FN5O2S. The highest BCUT2D eigenvalue weighted by atomic mass is 32.2. The molecule has 0 amide bonds. The number of sulfonamides is 1. The number of aromatic nitrogens is 4. The van der Waals surface area contributed by atoms with Crippen LogP contribution in [0.3, 0.4) is 0 Å². The molecule has 0 aliphatic rings. The van der Waals surface area contributed by atoms with Crippen LogP contribution < -0.4 is 5.14 Å². The van der Waals surface area contributed by atoms with Gasteiger partial charge in [0.1, 0.15) is 5.82 Å². The van der Waals surface area contributed by atoms with Crippen LogP contribution in [0.1, 0.15) is 0 Å². The summed E-state index contributed by atoms with van der Waals surface area (Å²) in [7, 11) is -3.94. The van der Waals surface area contributed by atoms with Gasteiger partial charge in [0.25, 0.3) is 15.2 Å². The average Bonchev–Trinajstić information content (AvgIpc) is 2.65. The standard InChI is InChI=1S/C7H6FN5O2S/c8-5-1-4(2-10-3-5)6-11-7(13-12-6)16(9,14)15/h1-3H,(H2,9,14,15)(H,11,12,13). The van der Waals surface area contributed by atoms with Gasteiger partial charge in [-0.15, -0.1) is 0 Å². The van der Waals surface area contributed by atoms with E-state index in [1.807, 2.05) is 0 Å². The fourth-order valence-electron chi connectivity index (χ4n) is 1.04. The van der Waals surface area contributed by atoms with Gasteiger partial charge >= 0.3 is 0 Å². The molecular weight excluding hydrogens is 237 g/mol. The number of hydrogen-bond acceptors (Lipinski definition) is 5. The molecule has 0 fully saturated rings. The number of nitrogens with zero attached hydrogens (tertiary/aromatic N) is 3. The predicted octanol–water partition coefficient (Wildman–Crippen LogP) is -0.347. The van der Waals surface area contributed by atoms with Gasteiger partial charge in [-0.05, 0) is 6.07 Å². The molecule has 2 aromatic rings. The number of primary sulfonamides is 1. The van der Waals surface area contributed by atoms with E-state index in [9.17, 15) is 12.8 Å². The second-order valence-corrected chi connectivity index (χ2v) is 4.38. The normalized spacial score (nSPS) is 11.6. The van der Waals surface area contributed by atoms with Gasteiger partial charge in [0.15, 0.2) is 5.82 Å². The summed E-state index contributed by atoms with van der Waals surface area (Å²) in [5.41, 5.74) is 0.256. The van der Waals surface area contributed by atoms with Crippen molar-refractivity contribution in [3.63, 3.8) is 0 Å². The fraction of sp³-hybridized carbons (Fsp3) is 0. The first-order valence-corrected chi connectivity index (χ1v) is 5.57. The highest BCUT2D eigenvalue weighted by Gasteiger charge is 2.15. The molecule has 0 aliphatic carbocycles. The molecule has 0 saturated carbocycles. The number of halogens is 1. The maximum absolute atomic E-state index is 12.8. The number of nitrogens with one attached hydrogen (secondary N) is 1. The van der Waals surface area contributed by atoms with E-state index >= 15 is 0 Å². The van der Waals surface area contributed by atoms with Crippen LogP contribution in [0.25, 0.3) is 11.4 Å². The van der Waals surface area contributed by atoms with Crippen LogP contribution in [0.2, 0.25) is 0 Å². The van der Waals surface area contributed by atoms with Crippen molar-refractivity contribution in [2.45, 2.75) is 5.16 Å². The minimum absolute atomic E-state index is 0.0102. The minimum atomic E-state index is -3.94. The van der Waals surface area contributed by atoms with Crippen molar-refractivity contribution >= 4 is 10.0 Å². The molecule has 0 atom stereocenters. The van der Waals surface area contributed by atoms with Gasteiger partial charge in [-0.3, -0.25) is 4.98 Å². The molecule has 7 nitrogen and oxygen atoms in total. The highest BCUT2D eigenvalue weighted by molar-refractivity contribution is 7.89. The zero-order valence-electron chi connectivity index (χ0n) is 7.75. The summed E-state index contributed by atoms with van der Waals surface area (Å²) in [6.45, 7) is 0. The van der Waals surface area contributed by atoms with Crippen LogP contribution in [0, 0.1) is 5.82 Å². The second kappa shape index (κ2) is 3.61. The van der Waals surface area contributed by atoms with Gasteiger partial charge in [-0.25, -0.2) is 23.0 Å². The number of aromatic amines is 1. The Morgan fingerprint density at radius 3 is 2.69 bits per heavy atom. The van der Waals surface area contributed by atoms with Crippen molar-refractivity contribution in [2.24, 2.45) is 5.14 Å². The molecule has 0 saturated heterocycles. The number of nitrogens with two attached hydrogens (primary N) is 1. The van der Waals surface area contributed by atoms with Gasteiger partial charge in [0.2, 0.25) is 0 Å². The van der Waals surface area contributed by atoms with Gasteiger partial charge in [-0.1, -0.05) is 0 Å². The summed E-state index contributed by atoms with van der Waals surface area (Å²) >= 11 is 0. The molecule has 0 spiro atoms. The summed E-state index contributed by atoms with van der Waals surface area (Å²) in [6.07, 6.45) is 2.32.